The van der Waals surface area contributed by atoms with Gasteiger partial charge in [0.15, 0.2) is 0 Å². The van der Waals surface area contributed by atoms with Gasteiger partial charge in [0, 0.05) is 24.2 Å². The van der Waals surface area contributed by atoms with Crippen LogP contribution in [0.15, 0.2) is 36.9 Å². The van der Waals surface area contributed by atoms with E-state index in [2.05, 4.69) is 48.4 Å². The Labute approximate surface area is 167 Å². The van der Waals surface area contributed by atoms with E-state index in [1.165, 1.54) is 6.33 Å². The Hall–Kier alpha value is -2.41. The van der Waals surface area contributed by atoms with E-state index in [4.69, 9.17) is 0 Å². The molecule has 152 valence electrons. The Morgan fingerprint density at radius 3 is 2.36 bits per heavy atom. The van der Waals surface area contributed by atoms with Crippen molar-refractivity contribution in [1.29, 1.82) is 0 Å². The number of hydrogen-bond acceptors (Lipinski definition) is 4. The molecule has 0 aliphatic carbocycles. The summed E-state index contributed by atoms with van der Waals surface area (Å²) in [5.41, 5.74) is 2.02. The topological polar surface area (TPSA) is 75.1 Å². The minimum absolute atomic E-state index is 0.00106. The van der Waals surface area contributed by atoms with E-state index < -0.39 is 0 Å². The largest absolute Gasteiger partial charge is 0.335 e. The van der Waals surface area contributed by atoms with Gasteiger partial charge >= 0.3 is 6.03 Å². The average molecular weight is 385 g/mol. The van der Waals surface area contributed by atoms with Gasteiger partial charge in [0.2, 0.25) is 0 Å². The molecule has 1 aromatic heterocycles. The number of nitrogens with zero attached hydrogens (tertiary/aromatic N) is 4. The van der Waals surface area contributed by atoms with Crippen molar-refractivity contribution in [1.82, 2.24) is 30.3 Å². The molecule has 2 N–H and O–H groups in total. The Bertz CT molecular complexity index is 781. The highest BCUT2D eigenvalue weighted by Gasteiger charge is 2.38. The second kappa shape index (κ2) is 7.54. The van der Waals surface area contributed by atoms with Crippen molar-refractivity contribution < 1.29 is 4.79 Å². The molecule has 7 heteroatoms. The molecular formula is C21H32N6O. The van der Waals surface area contributed by atoms with Crippen molar-refractivity contribution in [3.8, 4) is 5.69 Å². The fraction of sp³-hybridized carbons (Fsp3) is 0.571. The summed E-state index contributed by atoms with van der Waals surface area (Å²) in [5.74, 6) is 0. The minimum Gasteiger partial charge on any atom is -0.335 e. The standard InChI is InChI=1S/C21H32N6O/c1-15(16-7-9-18(10-8-16)27-14-22-13-23-27)26(6)19(28)24-17-11-20(2,3)25-21(4,5)12-17/h7-10,13-15,17,25H,11-12H2,1-6H3,(H,24,28). The van der Waals surface area contributed by atoms with Gasteiger partial charge < -0.3 is 15.5 Å². The third-order valence-electron chi connectivity index (χ3n) is 5.48. The van der Waals surface area contributed by atoms with Gasteiger partial charge in [-0.15, -0.1) is 0 Å². The maximum Gasteiger partial charge on any atom is 0.317 e. The Kier molecular flexibility index (Phi) is 5.48. The predicted octanol–water partition coefficient (Wildman–Crippen LogP) is 3.28. The van der Waals surface area contributed by atoms with Crippen molar-refractivity contribution in [2.75, 3.05) is 7.05 Å². The fourth-order valence-corrected chi connectivity index (χ4v) is 4.35. The lowest BCUT2D eigenvalue weighted by Crippen LogP contribution is -2.62. The van der Waals surface area contributed by atoms with Gasteiger partial charge in [0.1, 0.15) is 12.7 Å². The number of rotatable bonds is 4. The number of amides is 2. The molecule has 0 radical (unpaired) electrons. The summed E-state index contributed by atoms with van der Waals surface area (Å²) in [5, 5.41) is 11.0. The molecule has 0 spiro atoms. The summed E-state index contributed by atoms with van der Waals surface area (Å²) in [6, 6.07) is 8.13. The van der Waals surface area contributed by atoms with Gasteiger partial charge in [-0.2, -0.15) is 5.10 Å². The molecule has 1 aromatic carbocycles. The molecule has 0 saturated carbocycles. The van der Waals surface area contributed by atoms with Crippen LogP contribution in [0.2, 0.25) is 0 Å². The molecule has 1 unspecified atom stereocenters. The first-order valence-corrected chi connectivity index (χ1v) is 9.84. The summed E-state index contributed by atoms with van der Waals surface area (Å²) in [7, 11) is 1.85. The smallest absolute Gasteiger partial charge is 0.317 e. The van der Waals surface area contributed by atoms with Crippen LogP contribution in [0.5, 0.6) is 0 Å². The first-order valence-electron chi connectivity index (χ1n) is 9.84. The normalized spacial score (nSPS) is 19.8. The quantitative estimate of drug-likeness (QED) is 0.848. The molecular weight excluding hydrogens is 352 g/mol. The Morgan fingerprint density at radius 2 is 1.82 bits per heavy atom. The zero-order chi connectivity index (χ0) is 20.5. The third kappa shape index (κ3) is 4.70. The summed E-state index contributed by atoms with van der Waals surface area (Å²) >= 11 is 0. The van der Waals surface area contributed by atoms with Crippen LogP contribution in [0, 0.1) is 0 Å². The Morgan fingerprint density at radius 1 is 1.21 bits per heavy atom. The van der Waals surface area contributed by atoms with Gasteiger partial charge in [-0.3, -0.25) is 0 Å². The monoisotopic (exact) mass is 384 g/mol. The molecule has 2 heterocycles. The van der Waals surface area contributed by atoms with Crippen LogP contribution in [0.25, 0.3) is 5.69 Å². The van der Waals surface area contributed by atoms with Crippen molar-refractivity contribution in [2.24, 2.45) is 0 Å². The van der Waals surface area contributed by atoms with Crippen molar-refractivity contribution in [3.63, 3.8) is 0 Å². The second-order valence-corrected chi connectivity index (χ2v) is 9.17. The SMILES string of the molecule is CC(c1ccc(-n2cncn2)cc1)N(C)C(=O)NC1CC(C)(C)NC(C)(C)C1. The predicted molar refractivity (Wildman–Crippen MR) is 110 cm³/mol. The fourth-order valence-electron chi connectivity index (χ4n) is 4.35. The van der Waals surface area contributed by atoms with E-state index in [1.54, 1.807) is 15.9 Å². The molecule has 1 aliphatic rings. The van der Waals surface area contributed by atoms with E-state index >= 15 is 0 Å². The number of aromatic nitrogens is 3. The van der Waals surface area contributed by atoms with E-state index in [1.807, 2.05) is 38.2 Å². The maximum absolute atomic E-state index is 12.9. The lowest BCUT2D eigenvalue weighted by atomic mass is 9.79. The lowest BCUT2D eigenvalue weighted by Gasteiger charge is -2.47. The van der Waals surface area contributed by atoms with Gasteiger partial charge in [-0.05, 0) is 65.2 Å². The third-order valence-corrected chi connectivity index (χ3v) is 5.48. The van der Waals surface area contributed by atoms with Gasteiger partial charge in [0.25, 0.3) is 0 Å². The van der Waals surface area contributed by atoms with Crippen LogP contribution in [-0.4, -0.2) is 49.9 Å². The molecule has 1 atom stereocenters. The first-order chi connectivity index (χ1) is 13.1. The van der Waals surface area contributed by atoms with Crippen molar-refractivity contribution in [3.05, 3.63) is 42.5 Å². The highest BCUT2D eigenvalue weighted by molar-refractivity contribution is 5.74. The molecule has 1 saturated heterocycles. The summed E-state index contributed by atoms with van der Waals surface area (Å²) in [6.07, 6.45) is 5.01. The molecule has 3 rings (SSSR count). The summed E-state index contributed by atoms with van der Waals surface area (Å²) < 4.78 is 1.71. The van der Waals surface area contributed by atoms with Crippen molar-refractivity contribution >= 4 is 6.03 Å². The molecule has 0 bridgehead atoms. The van der Waals surface area contributed by atoms with Crippen LogP contribution >= 0.6 is 0 Å². The zero-order valence-corrected chi connectivity index (χ0v) is 17.7. The number of carbonyl (C=O) groups excluding carboxylic acids is 1. The lowest BCUT2D eigenvalue weighted by molar-refractivity contribution is 0.138. The van der Waals surface area contributed by atoms with E-state index in [0.717, 1.165) is 24.1 Å². The van der Waals surface area contributed by atoms with Gasteiger partial charge in [-0.25, -0.2) is 14.5 Å². The van der Waals surface area contributed by atoms with E-state index in [9.17, 15) is 4.79 Å². The van der Waals surface area contributed by atoms with E-state index in [0.29, 0.717) is 0 Å². The highest BCUT2D eigenvalue weighted by Crippen LogP contribution is 2.29. The average Bonchev–Trinajstić information content (AvgIpc) is 3.12. The minimum atomic E-state index is -0.0358. The van der Waals surface area contributed by atoms with Crippen LogP contribution in [0.4, 0.5) is 4.79 Å². The van der Waals surface area contributed by atoms with Crippen molar-refractivity contribution in [2.45, 2.75) is 70.6 Å². The zero-order valence-electron chi connectivity index (χ0n) is 17.7. The van der Waals surface area contributed by atoms with Crippen LogP contribution in [0.3, 0.4) is 0 Å². The molecule has 2 amide bonds. The first kappa shape index (κ1) is 20.3. The number of carbonyl (C=O) groups is 1. The Balaban J connectivity index is 1.64. The number of nitrogens with one attached hydrogen (secondary N) is 2. The number of piperidine rings is 1. The summed E-state index contributed by atoms with van der Waals surface area (Å²) in [6.45, 7) is 10.8. The highest BCUT2D eigenvalue weighted by atomic mass is 16.2. The number of benzene rings is 1. The number of urea groups is 1. The van der Waals surface area contributed by atoms with Crippen LogP contribution in [-0.2, 0) is 0 Å². The molecule has 7 nitrogen and oxygen atoms in total. The van der Waals surface area contributed by atoms with Gasteiger partial charge in [-0.1, -0.05) is 12.1 Å². The van der Waals surface area contributed by atoms with E-state index in [-0.39, 0.29) is 29.2 Å². The van der Waals surface area contributed by atoms with Crippen LogP contribution < -0.4 is 10.6 Å². The molecule has 2 aromatic rings. The molecule has 1 fully saturated rings. The number of hydrogen-bond donors (Lipinski definition) is 2. The van der Waals surface area contributed by atoms with Crippen LogP contribution in [0.1, 0.15) is 59.1 Å². The molecule has 1 aliphatic heterocycles. The molecule has 28 heavy (non-hydrogen) atoms. The second-order valence-electron chi connectivity index (χ2n) is 9.17. The van der Waals surface area contributed by atoms with Gasteiger partial charge in [0.05, 0.1) is 11.7 Å². The summed E-state index contributed by atoms with van der Waals surface area (Å²) in [4.78, 5) is 18.6. The maximum atomic E-state index is 12.9.